The predicted molar refractivity (Wildman–Crippen MR) is 68.5 cm³/mol. The fourth-order valence-corrected chi connectivity index (χ4v) is 3.08. The molecule has 96 valence electrons. The average Bonchev–Trinajstić information content (AvgIpc) is 2.75. The first kappa shape index (κ1) is 13.9. The van der Waals surface area contributed by atoms with Crippen LogP contribution in [-0.2, 0) is 4.74 Å². The van der Waals surface area contributed by atoms with E-state index in [0.29, 0.717) is 5.92 Å². The zero-order chi connectivity index (χ0) is 12.2. The minimum atomic E-state index is 0.229. The maximum atomic E-state index is 6.50. The Bertz CT molecular complexity index is 200. The summed E-state index contributed by atoms with van der Waals surface area (Å²) >= 11 is 0. The minimum absolute atomic E-state index is 0.229. The first-order valence-electron chi connectivity index (χ1n) is 6.46. The van der Waals surface area contributed by atoms with Crippen LogP contribution in [0.4, 0.5) is 0 Å². The van der Waals surface area contributed by atoms with Crippen molar-refractivity contribution in [3.8, 4) is 0 Å². The van der Waals surface area contributed by atoms with Crippen LogP contribution in [0.5, 0.6) is 0 Å². The van der Waals surface area contributed by atoms with Gasteiger partial charge in [-0.05, 0) is 39.3 Å². The van der Waals surface area contributed by atoms with E-state index >= 15 is 0 Å². The van der Waals surface area contributed by atoms with Crippen molar-refractivity contribution >= 4 is 0 Å². The van der Waals surface area contributed by atoms with E-state index in [4.69, 9.17) is 10.5 Å². The van der Waals surface area contributed by atoms with Gasteiger partial charge in [0.1, 0.15) is 0 Å². The maximum Gasteiger partial charge on any atom is 0.0465 e. The number of rotatable bonds is 6. The second-order valence-corrected chi connectivity index (χ2v) is 5.49. The largest absolute Gasteiger partial charge is 0.385 e. The zero-order valence-electron chi connectivity index (χ0n) is 11.3. The van der Waals surface area contributed by atoms with E-state index in [9.17, 15) is 0 Å². The van der Waals surface area contributed by atoms with E-state index in [1.54, 1.807) is 7.11 Å². The quantitative estimate of drug-likeness (QED) is 0.754. The number of hydrogen-bond donors (Lipinski definition) is 1. The standard InChI is InChI=1S/C13H28N2O/c1-11(7-10-16-4)12(14)13(15(2)3)8-5-6-9-13/h11-12H,5-10,14H2,1-4H3. The molecule has 0 spiro atoms. The summed E-state index contributed by atoms with van der Waals surface area (Å²) in [5.41, 5.74) is 6.73. The van der Waals surface area contributed by atoms with Crippen LogP contribution >= 0.6 is 0 Å². The summed E-state index contributed by atoms with van der Waals surface area (Å²) in [6.07, 6.45) is 6.20. The maximum absolute atomic E-state index is 6.50. The van der Waals surface area contributed by atoms with Gasteiger partial charge in [0.05, 0.1) is 0 Å². The predicted octanol–water partition coefficient (Wildman–Crippen LogP) is 1.86. The first-order valence-corrected chi connectivity index (χ1v) is 6.46. The smallest absolute Gasteiger partial charge is 0.0465 e. The average molecular weight is 228 g/mol. The van der Waals surface area contributed by atoms with Crippen molar-refractivity contribution < 1.29 is 4.74 Å². The van der Waals surface area contributed by atoms with Crippen LogP contribution in [-0.4, -0.2) is 44.3 Å². The van der Waals surface area contributed by atoms with Crippen LogP contribution in [0.1, 0.15) is 39.0 Å². The highest BCUT2D eigenvalue weighted by Gasteiger charge is 2.43. The van der Waals surface area contributed by atoms with Gasteiger partial charge < -0.3 is 15.4 Å². The van der Waals surface area contributed by atoms with Crippen molar-refractivity contribution in [3.63, 3.8) is 0 Å². The van der Waals surface area contributed by atoms with Crippen molar-refractivity contribution in [2.45, 2.75) is 50.6 Å². The van der Waals surface area contributed by atoms with E-state index in [0.717, 1.165) is 13.0 Å². The summed E-state index contributed by atoms with van der Waals surface area (Å²) in [7, 11) is 6.11. The molecule has 16 heavy (non-hydrogen) atoms. The Kier molecular flexibility index (Phi) is 5.22. The molecule has 1 aliphatic carbocycles. The molecule has 0 radical (unpaired) electrons. The monoisotopic (exact) mass is 228 g/mol. The fourth-order valence-electron chi connectivity index (χ4n) is 3.08. The molecule has 1 rings (SSSR count). The van der Waals surface area contributed by atoms with Crippen molar-refractivity contribution in [2.75, 3.05) is 27.8 Å². The Morgan fingerprint density at radius 1 is 1.31 bits per heavy atom. The Balaban J connectivity index is 2.63. The van der Waals surface area contributed by atoms with Gasteiger partial charge in [-0.15, -0.1) is 0 Å². The van der Waals surface area contributed by atoms with E-state index in [-0.39, 0.29) is 11.6 Å². The normalized spacial score (nSPS) is 23.6. The second-order valence-electron chi connectivity index (χ2n) is 5.49. The number of ether oxygens (including phenoxy) is 1. The third kappa shape index (κ3) is 2.76. The van der Waals surface area contributed by atoms with Gasteiger partial charge in [-0.1, -0.05) is 19.8 Å². The molecule has 2 unspecified atom stereocenters. The lowest BCUT2D eigenvalue weighted by atomic mass is 9.79. The Morgan fingerprint density at radius 3 is 2.31 bits per heavy atom. The second kappa shape index (κ2) is 5.99. The number of nitrogens with two attached hydrogens (primary N) is 1. The van der Waals surface area contributed by atoms with Gasteiger partial charge in [-0.3, -0.25) is 0 Å². The SMILES string of the molecule is COCCC(C)C(N)C1(N(C)C)CCCC1. The summed E-state index contributed by atoms with van der Waals surface area (Å²) in [6.45, 7) is 3.08. The molecule has 2 N–H and O–H groups in total. The van der Waals surface area contributed by atoms with E-state index < -0.39 is 0 Å². The van der Waals surface area contributed by atoms with Crippen molar-refractivity contribution in [1.82, 2.24) is 4.90 Å². The molecular weight excluding hydrogens is 200 g/mol. The van der Waals surface area contributed by atoms with Gasteiger partial charge in [0.25, 0.3) is 0 Å². The molecule has 0 aromatic rings. The van der Waals surface area contributed by atoms with Gasteiger partial charge in [0, 0.05) is 25.3 Å². The van der Waals surface area contributed by atoms with Crippen molar-refractivity contribution in [2.24, 2.45) is 11.7 Å². The van der Waals surface area contributed by atoms with Gasteiger partial charge in [-0.2, -0.15) is 0 Å². The molecule has 3 nitrogen and oxygen atoms in total. The summed E-state index contributed by atoms with van der Waals surface area (Å²) in [6, 6.07) is 0.264. The van der Waals surface area contributed by atoms with Gasteiger partial charge in [-0.25, -0.2) is 0 Å². The Hall–Kier alpha value is -0.120. The lowest BCUT2D eigenvalue weighted by Gasteiger charge is -2.44. The lowest BCUT2D eigenvalue weighted by molar-refractivity contribution is 0.0843. The van der Waals surface area contributed by atoms with Crippen LogP contribution in [0, 0.1) is 5.92 Å². The number of likely N-dealkylation sites (N-methyl/N-ethyl adjacent to an activating group) is 1. The highest BCUT2D eigenvalue weighted by Crippen LogP contribution is 2.38. The third-order valence-corrected chi connectivity index (χ3v) is 4.37. The van der Waals surface area contributed by atoms with Crippen LogP contribution in [0.3, 0.4) is 0 Å². The van der Waals surface area contributed by atoms with E-state index in [1.807, 2.05) is 0 Å². The zero-order valence-corrected chi connectivity index (χ0v) is 11.3. The van der Waals surface area contributed by atoms with E-state index in [2.05, 4.69) is 25.9 Å². The molecule has 1 saturated carbocycles. The third-order valence-electron chi connectivity index (χ3n) is 4.37. The molecule has 1 aliphatic rings. The molecule has 2 atom stereocenters. The summed E-state index contributed by atoms with van der Waals surface area (Å²) in [4.78, 5) is 2.36. The highest BCUT2D eigenvalue weighted by molar-refractivity contribution is 5.02. The van der Waals surface area contributed by atoms with E-state index in [1.165, 1.54) is 25.7 Å². The van der Waals surface area contributed by atoms with Crippen molar-refractivity contribution in [3.05, 3.63) is 0 Å². The van der Waals surface area contributed by atoms with Gasteiger partial charge in [0.2, 0.25) is 0 Å². The van der Waals surface area contributed by atoms with Gasteiger partial charge in [0.15, 0.2) is 0 Å². The molecule has 3 heteroatoms. The number of hydrogen-bond acceptors (Lipinski definition) is 3. The summed E-state index contributed by atoms with van der Waals surface area (Å²) in [5.74, 6) is 0.528. The molecule has 0 saturated heterocycles. The van der Waals surface area contributed by atoms with Crippen molar-refractivity contribution in [1.29, 1.82) is 0 Å². The Morgan fingerprint density at radius 2 is 1.88 bits per heavy atom. The highest BCUT2D eigenvalue weighted by atomic mass is 16.5. The van der Waals surface area contributed by atoms with Crippen LogP contribution in [0.2, 0.25) is 0 Å². The summed E-state index contributed by atoms with van der Waals surface area (Å²) in [5, 5.41) is 0. The molecule has 0 aliphatic heterocycles. The molecule has 0 aromatic carbocycles. The lowest BCUT2D eigenvalue weighted by Crippen LogP contribution is -2.58. The molecule has 0 heterocycles. The van der Waals surface area contributed by atoms with Crippen LogP contribution in [0.25, 0.3) is 0 Å². The molecule has 0 aromatic heterocycles. The minimum Gasteiger partial charge on any atom is -0.385 e. The topological polar surface area (TPSA) is 38.5 Å². The fraction of sp³-hybridized carbons (Fsp3) is 1.00. The van der Waals surface area contributed by atoms with Crippen LogP contribution in [0.15, 0.2) is 0 Å². The first-order chi connectivity index (χ1) is 7.54. The Labute approximate surface area is 100 Å². The molecule has 1 fully saturated rings. The molecule has 0 bridgehead atoms. The number of methoxy groups -OCH3 is 1. The molecule has 0 amide bonds. The van der Waals surface area contributed by atoms with Gasteiger partial charge >= 0.3 is 0 Å². The summed E-state index contributed by atoms with van der Waals surface area (Å²) < 4.78 is 5.15. The van der Waals surface area contributed by atoms with Crippen LogP contribution < -0.4 is 5.73 Å². The number of nitrogens with zero attached hydrogens (tertiary/aromatic N) is 1. The molecular formula is C13H28N2O.